The zero-order valence-corrected chi connectivity index (χ0v) is 19.6. The van der Waals surface area contributed by atoms with Gasteiger partial charge < -0.3 is 14.2 Å². The van der Waals surface area contributed by atoms with Crippen molar-refractivity contribution in [1.29, 1.82) is 0 Å². The second kappa shape index (κ2) is 13.4. The fraction of sp³-hybridized carbons (Fsp3) is 0.652. The summed E-state index contributed by atoms with van der Waals surface area (Å²) in [7, 11) is 1.62. The number of ether oxygens (including phenoxy) is 3. The van der Waals surface area contributed by atoms with E-state index in [0.29, 0.717) is 20.0 Å². The third-order valence-electron chi connectivity index (χ3n) is 5.02. The molecule has 0 saturated heterocycles. The Morgan fingerprint density at radius 1 is 1.22 bits per heavy atom. The van der Waals surface area contributed by atoms with Crippen LogP contribution in [0.3, 0.4) is 0 Å². The summed E-state index contributed by atoms with van der Waals surface area (Å²) in [5.41, 5.74) is 5.39. The van der Waals surface area contributed by atoms with Gasteiger partial charge in [0, 0.05) is 7.11 Å². The van der Waals surface area contributed by atoms with Gasteiger partial charge in [-0.3, -0.25) is 0 Å². The lowest BCUT2D eigenvalue weighted by atomic mass is 9.95. The van der Waals surface area contributed by atoms with Crippen LogP contribution in [0.2, 0.25) is 0 Å². The normalized spacial score (nSPS) is 13.1. The van der Waals surface area contributed by atoms with Crippen LogP contribution >= 0.6 is 15.9 Å². The van der Waals surface area contributed by atoms with Crippen LogP contribution in [-0.4, -0.2) is 27.1 Å². The molecule has 154 valence electrons. The number of benzene rings is 1. The third kappa shape index (κ3) is 8.80. The second-order valence-electron chi connectivity index (χ2n) is 7.44. The molecule has 0 aliphatic heterocycles. The molecule has 0 aliphatic rings. The van der Waals surface area contributed by atoms with E-state index in [1.807, 2.05) is 0 Å². The van der Waals surface area contributed by atoms with E-state index < -0.39 is 0 Å². The van der Waals surface area contributed by atoms with Crippen LogP contribution in [0.5, 0.6) is 5.75 Å². The SMILES string of the molecule is CCCC(C)CC=C(C)CCc1cc(Br)c(OCCOCOC)c(C)c1C. The Balaban J connectivity index is 2.65. The van der Waals surface area contributed by atoms with Crippen LogP contribution in [0.4, 0.5) is 0 Å². The third-order valence-corrected chi connectivity index (χ3v) is 5.61. The van der Waals surface area contributed by atoms with Crippen LogP contribution in [0.1, 0.15) is 63.1 Å². The summed E-state index contributed by atoms with van der Waals surface area (Å²) in [6.45, 7) is 12.5. The molecule has 3 nitrogen and oxygen atoms in total. The molecule has 0 spiro atoms. The first-order chi connectivity index (χ1) is 12.9. The van der Waals surface area contributed by atoms with Crippen molar-refractivity contribution in [2.75, 3.05) is 27.1 Å². The van der Waals surface area contributed by atoms with E-state index in [2.05, 4.69) is 62.7 Å². The predicted octanol–water partition coefficient (Wildman–Crippen LogP) is 6.77. The minimum Gasteiger partial charge on any atom is -0.490 e. The molecular weight excluding hydrogens is 404 g/mol. The Bertz CT molecular complexity index is 596. The standard InChI is InChI=1S/C23H37BrO3/c1-7-8-17(2)9-10-18(3)11-12-21-15-22(24)23(20(5)19(21)4)27-14-13-26-16-25-6/h10,15,17H,7-9,11-14,16H2,1-6H3. The van der Waals surface area contributed by atoms with Gasteiger partial charge in [0.2, 0.25) is 0 Å². The number of hydrogen-bond acceptors (Lipinski definition) is 3. The summed E-state index contributed by atoms with van der Waals surface area (Å²) >= 11 is 3.68. The molecule has 1 aromatic rings. The van der Waals surface area contributed by atoms with Gasteiger partial charge in [-0.25, -0.2) is 0 Å². The summed E-state index contributed by atoms with van der Waals surface area (Å²) in [6.07, 6.45) is 8.37. The molecule has 4 heteroatoms. The molecule has 0 aliphatic carbocycles. The minimum absolute atomic E-state index is 0.297. The van der Waals surface area contributed by atoms with Gasteiger partial charge in [0.15, 0.2) is 0 Å². The lowest BCUT2D eigenvalue weighted by Crippen LogP contribution is -2.10. The molecule has 0 aromatic heterocycles. The van der Waals surface area contributed by atoms with E-state index in [-0.39, 0.29) is 0 Å². The Morgan fingerprint density at radius 3 is 2.63 bits per heavy atom. The first kappa shape index (κ1) is 24.2. The molecule has 0 saturated carbocycles. The molecule has 0 heterocycles. The fourth-order valence-electron chi connectivity index (χ4n) is 3.15. The largest absolute Gasteiger partial charge is 0.490 e. The molecule has 0 fully saturated rings. The number of hydrogen-bond donors (Lipinski definition) is 0. The zero-order valence-electron chi connectivity index (χ0n) is 18.0. The minimum atomic E-state index is 0.297. The highest BCUT2D eigenvalue weighted by molar-refractivity contribution is 9.10. The molecule has 1 aromatic carbocycles. The van der Waals surface area contributed by atoms with Crippen molar-refractivity contribution in [2.24, 2.45) is 5.92 Å². The summed E-state index contributed by atoms with van der Waals surface area (Å²) in [6, 6.07) is 2.21. The number of aryl methyl sites for hydroxylation is 1. The number of halogens is 1. The van der Waals surface area contributed by atoms with E-state index in [1.54, 1.807) is 7.11 Å². The first-order valence-corrected chi connectivity index (χ1v) is 10.8. The van der Waals surface area contributed by atoms with Gasteiger partial charge >= 0.3 is 0 Å². The highest BCUT2D eigenvalue weighted by Crippen LogP contribution is 2.34. The van der Waals surface area contributed by atoms with Crippen LogP contribution in [0.25, 0.3) is 0 Å². The van der Waals surface area contributed by atoms with Crippen molar-refractivity contribution in [3.8, 4) is 5.75 Å². The van der Waals surface area contributed by atoms with E-state index in [4.69, 9.17) is 14.2 Å². The van der Waals surface area contributed by atoms with Gasteiger partial charge in [-0.2, -0.15) is 0 Å². The van der Waals surface area contributed by atoms with Crippen molar-refractivity contribution >= 4 is 15.9 Å². The molecule has 1 rings (SSSR count). The van der Waals surface area contributed by atoms with Gasteiger partial charge in [0.25, 0.3) is 0 Å². The number of rotatable bonds is 13. The molecule has 0 radical (unpaired) electrons. The van der Waals surface area contributed by atoms with Crippen molar-refractivity contribution in [3.05, 3.63) is 38.9 Å². The maximum absolute atomic E-state index is 5.92. The number of allylic oxidation sites excluding steroid dienone is 2. The van der Waals surface area contributed by atoms with Crippen molar-refractivity contribution in [1.82, 2.24) is 0 Å². The fourth-order valence-corrected chi connectivity index (χ4v) is 3.83. The smallest absolute Gasteiger partial charge is 0.146 e. The highest BCUT2D eigenvalue weighted by atomic mass is 79.9. The van der Waals surface area contributed by atoms with E-state index >= 15 is 0 Å². The Hall–Kier alpha value is -0.840. The van der Waals surface area contributed by atoms with Crippen molar-refractivity contribution in [3.63, 3.8) is 0 Å². The average Bonchev–Trinajstić information content (AvgIpc) is 2.64. The quantitative estimate of drug-likeness (QED) is 0.192. The Morgan fingerprint density at radius 2 is 1.96 bits per heavy atom. The van der Waals surface area contributed by atoms with Gasteiger partial charge in [0.05, 0.1) is 11.1 Å². The molecule has 0 amide bonds. The van der Waals surface area contributed by atoms with Crippen LogP contribution in [0, 0.1) is 19.8 Å². The lowest BCUT2D eigenvalue weighted by Gasteiger charge is -2.17. The number of methoxy groups -OCH3 is 1. The second-order valence-corrected chi connectivity index (χ2v) is 8.29. The predicted molar refractivity (Wildman–Crippen MR) is 118 cm³/mol. The van der Waals surface area contributed by atoms with Gasteiger partial charge in [-0.15, -0.1) is 0 Å². The van der Waals surface area contributed by atoms with Crippen LogP contribution < -0.4 is 4.74 Å². The topological polar surface area (TPSA) is 27.7 Å². The van der Waals surface area contributed by atoms with E-state index in [9.17, 15) is 0 Å². The Labute approximate surface area is 174 Å². The molecule has 1 unspecified atom stereocenters. The first-order valence-electron chi connectivity index (χ1n) is 10.0. The average molecular weight is 441 g/mol. The molecule has 27 heavy (non-hydrogen) atoms. The Kier molecular flexibility index (Phi) is 12.0. The summed E-state index contributed by atoms with van der Waals surface area (Å²) in [4.78, 5) is 0. The summed E-state index contributed by atoms with van der Waals surface area (Å²) < 4.78 is 17.1. The van der Waals surface area contributed by atoms with Gasteiger partial charge in [0.1, 0.15) is 19.1 Å². The summed E-state index contributed by atoms with van der Waals surface area (Å²) in [5, 5.41) is 0. The maximum Gasteiger partial charge on any atom is 0.146 e. The van der Waals surface area contributed by atoms with E-state index in [0.717, 1.165) is 29.0 Å². The van der Waals surface area contributed by atoms with E-state index in [1.165, 1.54) is 41.5 Å². The van der Waals surface area contributed by atoms with Gasteiger partial charge in [-0.1, -0.05) is 38.3 Å². The van der Waals surface area contributed by atoms with Crippen molar-refractivity contribution < 1.29 is 14.2 Å². The molecular formula is C23H37BrO3. The van der Waals surface area contributed by atoms with Crippen LogP contribution in [-0.2, 0) is 15.9 Å². The van der Waals surface area contributed by atoms with Crippen LogP contribution in [0.15, 0.2) is 22.2 Å². The summed E-state index contributed by atoms with van der Waals surface area (Å²) in [5.74, 6) is 1.70. The maximum atomic E-state index is 5.92. The van der Waals surface area contributed by atoms with Gasteiger partial charge in [-0.05, 0) is 84.6 Å². The molecule has 0 bridgehead atoms. The lowest BCUT2D eigenvalue weighted by molar-refractivity contribution is -0.0388. The molecule has 0 N–H and O–H groups in total. The zero-order chi connectivity index (χ0) is 20.2. The van der Waals surface area contributed by atoms with Crippen molar-refractivity contribution in [2.45, 2.75) is 66.7 Å². The highest BCUT2D eigenvalue weighted by Gasteiger charge is 2.12. The molecule has 1 atom stereocenters. The monoisotopic (exact) mass is 440 g/mol.